The summed E-state index contributed by atoms with van der Waals surface area (Å²) in [6, 6.07) is 3.45. The Morgan fingerprint density at radius 2 is 2.29 bits per heavy atom. The van der Waals surface area contributed by atoms with Crippen molar-refractivity contribution >= 4 is 33.6 Å². The van der Waals surface area contributed by atoms with Gasteiger partial charge < -0.3 is 16.0 Å². The number of nitrogens with zero attached hydrogens (tertiary/aromatic N) is 2. The van der Waals surface area contributed by atoms with E-state index in [4.69, 9.17) is 5.73 Å². The molecule has 0 spiro atoms. The molecule has 7 heteroatoms. The molecule has 1 aromatic carbocycles. The maximum Gasteiger partial charge on any atom is 0.258 e. The molecule has 2 aromatic heterocycles. The molecule has 0 amide bonds. The molecule has 0 saturated heterocycles. The van der Waals surface area contributed by atoms with Gasteiger partial charge in [0.25, 0.3) is 5.56 Å². The Balaban J connectivity index is 1.84. The van der Waals surface area contributed by atoms with E-state index < -0.39 is 0 Å². The number of rotatable bonds is 4. The van der Waals surface area contributed by atoms with Gasteiger partial charge in [-0.3, -0.25) is 4.79 Å². The average molecular weight is 301 g/mol. The molecule has 0 aliphatic carbocycles. The fraction of sp³-hybridized carbons (Fsp3) is 0.214. The van der Waals surface area contributed by atoms with Crippen molar-refractivity contribution in [3.63, 3.8) is 0 Å². The minimum Gasteiger partial charge on any atom is -0.397 e. The number of hydrogen-bond acceptors (Lipinski definition) is 6. The normalized spacial score (nSPS) is 12.4. The van der Waals surface area contributed by atoms with Crippen molar-refractivity contribution in [3.05, 3.63) is 45.4 Å². The highest BCUT2D eigenvalue weighted by molar-refractivity contribution is 7.09. The van der Waals surface area contributed by atoms with Gasteiger partial charge in [-0.25, -0.2) is 9.97 Å². The van der Waals surface area contributed by atoms with Crippen LogP contribution in [0.5, 0.6) is 0 Å². The van der Waals surface area contributed by atoms with Gasteiger partial charge in [0.2, 0.25) is 0 Å². The Kier molecular flexibility index (Phi) is 3.57. The fourth-order valence-electron chi connectivity index (χ4n) is 2.11. The molecule has 108 valence electrons. The van der Waals surface area contributed by atoms with Crippen LogP contribution in [0.25, 0.3) is 10.9 Å². The summed E-state index contributed by atoms with van der Waals surface area (Å²) in [7, 11) is 0. The summed E-state index contributed by atoms with van der Waals surface area (Å²) < 4.78 is 0. The molecule has 2 heterocycles. The Bertz CT molecular complexity index is 812. The van der Waals surface area contributed by atoms with Gasteiger partial charge in [0.15, 0.2) is 0 Å². The van der Waals surface area contributed by atoms with Crippen LogP contribution >= 0.6 is 11.3 Å². The van der Waals surface area contributed by atoms with Gasteiger partial charge in [0.1, 0.15) is 0 Å². The van der Waals surface area contributed by atoms with Gasteiger partial charge in [-0.2, -0.15) is 0 Å². The number of benzene rings is 1. The minimum atomic E-state index is -0.186. The van der Waals surface area contributed by atoms with Gasteiger partial charge in [-0.05, 0) is 12.1 Å². The van der Waals surface area contributed by atoms with E-state index in [1.807, 2.05) is 5.38 Å². The Hall–Kier alpha value is -2.41. The third kappa shape index (κ3) is 2.73. The molecular weight excluding hydrogens is 286 g/mol. The number of nitrogen functional groups attached to an aromatic ring is 1. The Labute approximate surface area is 125 Å². The largest absolute Gasteiger partial charge is 0.397 e. The van der Waals surface area contributed by atoms with Crippen molar-refractivity contribution in [1.29, 1.82) is 0 Å². The molecule has 6 nitrogen and oxygen atoms in total. The van der Waals surface area contributed by atoms with E-state index in [1.54, 1.807) is 29.7 Å². The van der Waals surface area contributed by atoms with Crippen LogP contribution in [0.1, 0.15) is 17.8 Å². The molecule has 4 N–H and O–H groups in total. The van der Waals surface area contributed by atoms with Crippen molar-refractivity contribution < 1.29 is 0 Å². The summed E-state index contributed by atoms with van der Waals surface area (Å²) in [5.41, 5.74) is 7.76. The van der Waals surface area contributed by atoms with Crippen molar-refractivity contribution in [1.82, 2.24) is 15.0 Å². The summed E-state index contributed by atoms with van der Waals surface area (Å²) in [6.07, 6.45) is 3.19. The van der Waals surface area contributed by atoms with Crippen LogP contribution in [-0.4, -0.2) is 21.5 Å². The summed E-state index contributed by atoms with van der Waals surface area (Å²) >= 11 is 1.63. The highest BCUT2D eigenvalue weighted by Crippen LogP contribution is 2.25. The molecule has 1 unspecified atom stereocenters. The van der Waals surface area contributed by atoms with Gasteiger partial charge in [0, 0.05) is 24.0 Å². The smallest absolute Gasteiger partial charge is 0.258 e. The van der Waals surface area contributed by atoms with E-state index in [1.165, 1.54) is 6.33 Å². The number of hydrogen-bond donors (Lipinski definition) is 3. The molecule has 3 aromatic rings. The van der Waals surface area contributed by atoms with E-state index in [0.717, 1.165) is 10.7 Å². The van der Waals surface area contributed by atoms with Crippen LogP contribution in [-0.2, 0) is 0 Å². The molecule has 1 atom stereocenters. The van der Waals surface area contributed by atoms with Crippen molar-refractivity contribution in [2.24, 2.45) is 0 Å². The van der Waals surface area contributed by atoms with Crippen LogP contribution in [0.2, 0.25) is 0 Å². The molecular formula is C14H15N5OS. The lowest BCUT2D eigenvalue weighted by Gasteiger charge is -2.13. The van der Waals surface area contributed by atoms with Crippen LogP contribution in [0.15, 0.2) is 34.8 Å². The number of thiazole rings is 1. The van der Waals surface area contributed by atoms with Crippen LogP contribution in [0, 0.1) is 0 Å². The van der Waals surface area contributed by atoms with Crippen molar-refractivity contribution in [2.45, 2.75) is 12.8 Å². The van der Waals surface area contributed by atoms with Gasteiger partial charge in [-0.1, -0.05) is 6.92 Å². The summed E-state index contributed by atoms with van der Waals surface area (Å²) in [6.45, 7) is 2.82. The zero-order valence-electron chi connectivity index (χ0n) is 11.5. The molecule has 21 heavy (non-hydrogen) atoms. The van der Waals surface area contributed by atoms with E-state index in [9.17, 15) is 4.79 Å². The highest BCUT2D eigenvalue weighted by atomic mass is 32.1. The maximum atomic E-state index is 11.7. The first-order valence-electron chi connectivity index (χ1n) is 6.55. The first-order valence-corrected chi connectivity index (χ1v) is 7.43. The van der Waals surface area contributed by atoms with E-state index >= 15 is 0 Å². The van der Waals surface area contributed by atoms with E-state index in [0.29, 0.717) is 23.1 Å². The average Bonchev–Trinajstić information content (AvgIpc) is 3.00. The lowest BCUT2D eigenvalue weighted by molar-refractivity contribution is 0.795. The monoisotopic (exact) mass is 301 g/mol. The predicted molar refractivity (Wildman–Crippen MR) is 85.8 cm³/mol. The molecule has 3 rings (SSSR count). The number of aromatic amines is 1. The Morgan fingerprint density at radius 3 is 3.05 bits per heavy atom. The summed E-state index contributed by atoms with van der Waals surface area (Å²) in [5, 5.41) is 6.84. The van der Waals surface area contributed by atoms with Gasteiger partial charge in [0.05, 0.1) is 33.6 Å². The standard InChI is InChI=1S/C14H15N5OS/c1-8(14-16-2-3-21-14)6-17-12-5-11-9(4-10(12)15)13(20)19-7-18-11/h2-5,7-8,17H,6,15H2,1H3,(H,18,19,20). The zero-order valence-corrected chi connectivity index (χ0v) is 12.3. The molecule has 0 bridgehead atoms. The number of aromatic nitrogens is 3. The molecule has 0 radical (unpaired) electrons. The number of anilines is 2. The molecule has 0 saturated carbocycles. The second-order valence-corrected chi connectivity index (χ2v) is 5.77. The zero-order chi connectivity index (χ0) is 14.8. The third-order valence-corrected chi connectivity index (χ3v) is 4.29. The number of nitrogens with two attached hydrogens (primary N) is 1. The van der Waals surface area contributed by atoms with E-state index in [-0.39, 0.29) is 11.5 Å². The first-order chi connectivity index (χ1) is 10.1. The second-order valence-electron chi connectivity index (χ2n) is 4.84. The SMILES string of the molecule is CC(CNc1cc2nc[nH]c(=O)c2cc1N)c1nccs1. The Morgan fingerprint density at radius 1 is 1.43 bits per heavy atom. The topological polar surface area (TPSA) is 96.7 Å². The number of fused-ring (bicyclic) bond motifs is 1. The van der Waals surface area contributed by atoms with Crippen LogP contribution in [0.3, 0.4) is 0 Å². The lowest BCUT2D eigenvalue weighted by atomic mass is 10.1. The first kappa shape index (κ1) is 13.6. The van der Waals surface area contributed by atoms with Crippen LogP contribution in [0.4, 0.5) is 11.4 Å². The fourth-order valence-corrected chi connectivity index (χ4v) is 2.81. The van der Waals surface area contributed by atoms with Crippen LogP contribution < -0.4 is 16.6 Å². The number of nitrogens with one attached hydrogen (secondary N) is 2. The third-order valence-electron chi connectivity index (χ3n) is 3.28. The highest BCUT2D eigenvalue weighted by Gasteiger charge is 2.10. The number of H-pyrrole nitrogens is 1. The molecule has 0 fully saturated rings. The minimum absolute atomic E-state index is 0.186. The van der Waals surface area contributed by atoms with Crippen molar-refractivity contribution in [3.8, 4) is 0 Å². The summed E-state index contributed by atoms with van der Waals surface area (Å²) in [5.74, 6) is 0.284. The molecule has 0 aliphatic rings. The predicted octanol–water partition coefficient (Wildman–Crippen LogP) is 2.18. The maximum absolute atomic E-state index is 11.7. The lowest BCUT2D eigenvalue weighted by Crippen LogP contribution is -2.12. The van der Waals surface area contributed by atoms with Crippen molar-refractivity contribution in [2.75, 3.05) is 17.6 Å². The van der Waals surface area contributed by atoms with Gasteiger partial charge >= 0.3 is 0 Å². The quantitative estimate of drug-likeness (QED) is 0.642. The summed E-state index contributed by atoms with van der Waals surface area (Å²) in [4.78, 5) is 22.7. The second kappa shape index (κ2) is 5.53. The van der Waals surface area contributed by atoms with E-state index in [2.05, 4.69) is 27.2 Å². The molecule has 0 aliphatic heterocycles. The van der Waals surface area contributed by atoms with Gasteiger partial charge in [-0.15, -0.1) is 11.3 Å².